The van der Waals surface area contributed by atoms with Crippen molar-refractivity contribution in [3.63, 3.8) is 0 Å². The molecule has 1 fully saturated rings. The van der Waals surface area contributed by atoms with E-state index in [4.69, 9.17) is 5.11 Å². The third kappa shape index (κ3) is 3.32. The number of halogens is 1. The van der Waals surface area contributed by atoms with E-state index in [1.807, 2.05) is 13.0 Å². The van der Waals surface area contributed by atoms with Crippen molar-refractivity contribution < 1.29 is 14.7 Å². The van der Waals surface area contributed by atoms with Gasteiger partial charge in [-0.2, -0.15) is 0 Å². The van der Waals surface area contributed by atoms with E-state index in [9.17, 15) is 9.59 Å². The Morgan fingerprint density at radius 2 is 2.11 bits per heavy atom. The number of aromatic nitrogens is 1. The molecule has 0 bridgehead atoms. The molecule has 1 aliphatic carbocycles. The van der Waals surface area contributed by atoms with Gasteiger partial charge in [-0.1, -0.05) is 0 Å². The topological polar surface area (TPSA) is 79.3 Å². The van der Waals surface area contributed by atoms with Crippen LogP contribution in [0.5, 0.6) is 0 Å². The first-order valence-electron chi connectivity index (χ1n) is 6.13. The maximum atomic E-state index is 12.1. The number of hydrogen-bond donors (Lipinski definition) is 2. The average Bonchev–Trinajstić information content (AvgIpc) is 2.82. The van der Waals surface area contributed by atoms with E-state index in [0.717, 1.165) is 10.0 Å². The fourth-order valence-electron chi connectivity index (χ4n) is 2.33. The SMILES string of the molecule is Cc1cc(Br)cnc1NC(=O)C1CCC(C(=O)O)C1. The van der Waals surface area contributed by atoms with Gasteiger partial charge in [0.05, 0.1) is 5.92 Å². The van der Waals surface area contributed by atoms with Crippen LogP contribution in [0.3, 0.4) is 0 Å². The number of nitrogens with zero attached hydrogens (tertiary/aromatic N) is 1. The van der Waals surface area contributed by atoms with Crippen molar-refractivity contribution >= 4 is 33.6 Å². The number of carbonyl (C=O) groups is 2. The van der Waals surface area contributed by atoms with Crippen LogP contribution < -0.4 is 5.32 Å². The highest BCUT2D eigenvalue weighted by Crippen LogP contribution is 2.32. The number of carboxylic acid groups (broad SMARTS) is 1. The van der Waals surface area contributed by atoms with Gasteiger partial charge in [-0.25, -0.2) is 4.98 Å². The number of carboxylic acids is 1. The molecule has 1 heterocycles. The number of aryl methyl sites for hydroxylation is 1. The molecule has 1 aliphatic rings. The van der Waals surface area contributed by atoms with Crippen LogP contribution in [-0.2, 0) is 9.59 Å². The second-order valence-corrected chi connectivity index (χ2v) is 5.77. The van der Waals surface area contributed by atoms with E-state index in [1.165, 1.54) is 0 Å². The van der Waals surface area contributed by atoms with Crippen LogP contribution in [0.1, 0.15) is 24.8 Å². The number of anilines is 1. The Balaban J connectivity index is 2.00. The van der Waals surface area contributed by atoms with Crippen LogP contribution in [0, 0.1) is 18.8 Å². The van der Waals surface area contributed by atoms with Crippen molar-refractivity contribution in [2.75, 3.05) is 5.32 Å². The molecule has 1 saturated carbocycles. The molecule has 2 N–H and O–H groups in total. The lowest BCUT2D eigenvalue weighted by atomic mass is 10.0. The van der Waals surface area contributed by atoms with Crippen molar-refractivity contribution in [1.82, 2.24) is 4.98 Å². The zero-order chi connectivity index (χ0) is 14.0. The smallest absolute Gasteiger partial charge is 0.306 e. The first-order valence-corrected chi connectivity index (χ1v) is 6.92. The van der Waals surface area contributed by atoms with Crippen molar-refractivity contribution in [2.24, 2.45) is 11.8 Å². The van der Waals surface area contributed by atoms with Crippen LogP contribution in [0.25, 0.3) is 0 Å². The lowest BCUT2D eigenvalue weighted by molar-refractivity contribution is -0.141. The quantitative estimate of drug-likeness (QED) is 0.894. The molecule has 2 unspecified atom stereocenters. The van der Waals surface area contributed by atoms with Crippen LogP contribution >= 0.6 is 15.9 Å². The molecule has 5 nitrogen and oxygen atoms in total. The molecule has 2 atom stereocenters. The summed E-state index contributed by atoms with van der Waals surface area (Å²) in [4.78, 5) is 27.1. The minimum absolute atomic E-state index is 0.137. The Labute approximate surface area is 119 Å². The molecule has 0 aromatic carbocycles. The van der Waals surface area contributed by atoms with Gasteiger partial charge in [0.15, 0.2) is 0 Å². The molecule has 0 spiro atoms. The van der Waals surface area contributed by atoms with Gasteiger partial charge >= 0.3 is 5.97 Å². The summed E-state index contributed by atoms with van der Waals surface area (Å²) >= 11 is 3.31. The summed E-state index contributed by atoms with van der Waals surface area (Å²) in [5.41, 5.74) is 0.871. The van der Waals surface area contributed by atoms with Gasteiger partial charge in [0.2, 0.25) is 5.91 Å². The van der Waals surface area contributed by atoms with E-state index < -0.39 is 11.9 Å². The highest BCUT2D eigenvalue weighted by molar-refractivity contribution is 9.10. The normalized spacial score (nSPS) is 22.2. The molecule has 6 heteroatoms. The molecule has 1 aromatic rings. The first-order chi connectivity index (χ1) is 8.97. The summed E-state index contributed by atoms with van der Waals surface area (Å²) in [6, 6.07) is 1.87. The number of carbonyl (C=O) groups excluding carboxylic acids is 1. The fraction of sp³-hybridized carbons (Fsp3) is 0.462. The third-order valence-corrected chi connectivity index (χ3v) is 3.87. The zero-order valence-corrected chi connectivity index (χ0v) is 12.1. The number of rotatable bonds is 3. The maximum absolute atomic E-state index is 12.1. The first kappa shape index (κ1) is 14.0. The largest absolute Gasteiger partial charge is 0.481 e. The third-order valence-electron chi connectivity index (χ3n) is 3.44. The Morgan fingerprint density at radius 3 is 2.68 bits per heavy atom. The number of nitrogens with one attached hydrogen (secondary N) is 1. The molecule has 0 aliphatic heterocycles. The number of pyridine rings is 1. The summed E-state index contributed by atoms with van der Waals surface area (Å²) < 4.78 is 0.856. The monoisotopic (exact) mass is 326 g/mol. The highest BCUT2D eigenvalue weighted by atomic mass is 79.9. The second kappa shape index (κ2) is 5.69. The van der Waals surface area contributed by atoms with E-state index in [0.29, 0.717) is 25.1 Å². The predicted molar refractivity (Wildman–Crippen MR) is 73.8 cm³/mol. The average molecular weight is 327 g/mol. The molecule has 1 aromatic heterocycles. The fourth-order valence-corrected chi connectivity index (χ4v) is 2.78. The molecular weight excluding hydrogens is 312 g/mol. The van der Waals surface area contributed by atoms with Crippen LogP contribution in [0.15, 0.2) is 16.7 Å². The molecule has 0 saturated heterocycles. The van der Waals surface area contributed by atoms with E-state index in [-0.39, 0.29) is 11.8 Å². The second-order valence-electron chi connectivity index (χ2n) is 4.85. The van der Waals surface area contributed by atoms with E-state index >= 15 is 0 Å². The molecule has 0 radical (unpaired) electrons. The minimum atomic E-state index is -0.812. The highest BCUT2D eigenvalue weighted by Gasteiger charge is 2.34. The number of hydrogen-bond acceptors (Lipinski definition) is 3. The maximum Gasteiger partial charge on any atom is 0.306 e. The molecule has 2 rings (SSSR count). The van der Waals surface area contributed by atoms with Crippen LogP contribution in [0.2, 0.25) is 0 Å². The molecular formula is C13H15BrN2O3. The van der Waals surface area contributed by atoms with Gasteiger partial charge in [0, 0.05) is 16.6 Å². The lowest BCUT2D eigenvalue weighted by Crippen LogP contribution is -2.22. The van der Waals surface area contributed by atoms with Gasteiger partial charge in [0.25, 0.3) is 0 Å². The standard InChI is InChI=1S/C13H15BrN2O3/c1-7-4-10(14)6-15-11(7)16-12(17)8-2-3-9(5-8)13(18)19/h4,6,8-9H,2-3,5H2,1H3,(H,18,19)(H,15,16,17). The van der Waals surface area contributed by atoms with Crippen molar-refractivity contribution in [3.8, 4) is 0 Å². The van der Waals surface area contributed by atoms with E-state index in [2.05, 4.69) is 26.2 Å². The van der Waals surface area contributed by atoms with E-state index in [1.54, 1.807) is 6.20 Å². The number of aliphatic carboxylic acids is 1. The van der Waals surface area contributed by atoms with Gasteiger partial charge in [-0.15, -0.1) is 0 Å². The van der Waals surface area contributed by atoms with Gasteiger partial charge in [0.1, 0.15) is 5.82 Å². The van der Waals surface area contributed by atoms with Gasteiger partial charge in [-0.05, 0) is 53.7 Å². The van der Waals surface area contributed by atoms with Crippen molar-refractivity contribution in [1.29, 1.82) is 0 Å². The summed E-state index contributed by atoms with van der Waals surface area (Å²) in [5.74, 6) is -1.04. The Morgan fingerprint density at radius 1 is 1.42 bits per heavy atom. The lowest BCUT2D eigenvalue weighted by Gasteiger charge is -2.12. The minimum Gasteiger partial charge on any atom is -0.481 e. The van der Waals surface area contributed by atoms with Crippen LogP contribution in [0.4, 0.5) is 5.82 Å². The summed E-state index contributed by atoms with van der Waals surface area (Å²) in [6.07, 6.45) is 3.23. The van der Waals surface area contributed by atoms with Gasteiger partial charge < -0.3 is 10.4 Å². The Kier molecular flexibility index (Phi) is 4.19. The van der Waals surface area contributed by atoms with Crippen molar-refractivity contribution in [2.45, 2.75) is 26.2 Å². The van der Waals surface area contributed by atoms with Gasteiger partial charge in [-0.3, -0.25) is 9.59 Å². The zero-order valence-electron chi connectivity index (χ0n) is 10.5. The summed E-state index contributed by atoms with van der Waals surface area (Å²) in [6.45, 7) is 1.86. The predicted octanol–water partition coefficient (Wildman–Crippen LogP) is 2.59. The summed E-state index contributed by atoms with van der Waals surface area (Å²) in [5, 5.41) is 11.7. The number of amides is 1. The molecule has 102 valence electrons. The van der Waals surface area contributed by atoms with Crippen molar-refractivity contribution in [3.05, 3.63) is 22.3 Å². The molecule has 1 amide bonds. The Bertz CT molecular complexity index is 519. The van der Waals surface area contributed by atoms with Crippen LogP contribution in [-0.4, -0.2) is 22.0 Å². The molecule has 19 heavy (non-hydrogen) atoms. The summed E-state index contributed by atoms with van der Waals surface area (Å²) in [7, 11) is 0. The Hall–Kier alpha value is -1.43.